The highest BCUT2D eigenvalue weighted by molar-refractivity contribution is 6.09. The van der Waals surface area contributed by atoms with Gasteiger partial charge in [0.1, 0.15) is 5.75 Å². The highest BCUT2D eigenvalue weighted by Gasteiger charge is 2.59. The first kappa shape index (κ1) is 21.2. The highest BCUT2D eigenvalue weighted by atomic mass is 16.5. The monoisotopic (exact) mass is 411 g/mol. The summed E-state index contributed by atoms with van der Waals surface area (Å²) >= 11 is 0. The lowest BCUT2D eigenvalue weighted by atomic mass is 9.68. The molecule has 2 aliphatic carbocycles. The summed E-state index contributed by atoms with van der Waals surface area (Å²) in [5.41, 5.74) is 3.17. The summed E-state index contributed by atoms with van der Waals surface area (Å²) in [5, 5.41) is 4.48. The zero-order chi connectivity index (χ0) is 21.8. The SMILES string of the molecule is COc1cccc2c(C(=O)NC3C4(C)CC[C@H](C4)C3(C)C)c(C)n(CCN(C)C)c12. The molecule has 0 saturated heterocycles. The number of likely N-dealkylation sites (N-methyl/N-ethyl adjacent to an activating group) is 1. The van der Waals surface area contributed by atoms with Crippen LogP contribution < -0.4 is 10.1 Å². The molecular formula is C25H37N3O2. The van der Waals surface area contributed by atoms with Gasteiger partial charge >= 0.3 is 0 Å². The van der Waals surface area contributed by atoms with Crippen molar-refractivity contribution in [2.75, 3.05) is 27.7 Å². The Morgan fingerprint density at radius 2 is 2.03 bits per heavy atom. The first-order valence-electron chi connectivity index (χ1n) is 11.2. The van der Waals surface area contributed by atoms with Gasteiger partial charge < -0.3 is 19.5 Å². The maximum Gasteiger partial charge on any atom is 0.253 e. The number of amides is 1. The number of ether oxygens (including phenoxy) is 1. The van der Waals surface area contributed by atoms with E-state index in [4.69, 9.17) is 4.74 Å². The molecule has 1 aromatic carbocycles. The van der Waals surface area contributed by atoms with E-state index in [0.717, 1.165) is 41.0 Å². The lowest BCUT2D eigenvalue weighted by Crippen LogP contribution is -2.52. The molecule has 1 N–H and O–H groups in total. The molecule has 2 unspecified atom stereocenters. The van der Waals surface area contributed by atoms with Gasteiger partial charge in [0, 0.05) is 30.2 Å². The Morgan fingerprint density at radius 3 is 2.63 bits per heavy atom. The Labute approximate surface area is 180 Å². The molecule has 1 aromatic heterocycles. The van der Waals surface area contributed by atoms with Gasteiger partial charge in [0.2, 0.25) is 0 Å². The van der Waals surface area contributed by atoms with E-state index in [2.05, 4.69) is 62.6 Å². The molecule has 1 heterocycles. The van der Waals surface area contributed by atoms with Gasteiger partial charge in [-0.15, -0.1) is 0 Å². The first-order chi connectivity index (χ1) is 14.1. The van der Waals surface area contributed by atoms with Gasteiger partial charge in [-0.25, -0.2) is 0 Å². The van der Waals surface area contributed by atoms with Gasteiger partial charge in [-0.3, -0.25) is 4.79 Å². The second-order valence-electron chi connectivity index (χ2n) is 10.6. The standard InChI is InChI=1S/C25H37N3O2/c1-16-20(22(29)26-23-24(2,3)17-11-12-25(23,4)15-17)18-9-8-10-19(30-7)21(18)28(16)14-13-27(5)6/h8-10,17,23H,11-15H2,1-7H3,(H,26,29)/t17-,23?,25?/m1/s1. The molecule has 0 spiro atoms. The summed E-state index contributed by atoms with van der Waals surface area (Å²) in [7, 11) is 5.85. The van der Waals surface area contributed by atoms with Crippen molar-refractivity contribution in [3.63, 3.8) is 0 Å². The van der Waals surface area contributed by atoms with Crippen LogP contribution in [0.4, 0.5) is 0 Å². The third kappa shape index (κ3) is 3.13. The summed E-state index contributed by atoms with van der Waals surface area (Å²) in [6, 6.07) is 6.23. The highest BCUT2D eigenvalue weighted by Crippen LogP contribution is 2.62. The number of nitrogens with one attached hydrogen (secondary N) is 1. The molecule has 5 heteroatoms. The molecule has 2 aliphatic rings. The van der Waals surface area contributed by atoms with Crippen LogP contribution in [0, 0.1) is 23.7 Å². The lowest BCUT2D eigenvalue weighted by molar-refractivity contribution is 0.0738. The van der Waals surface area contributed by atoms with Gasteiger partial charge in [-0.1, -0.05) is 32.9 Å². The quantitative estimate of drug-likeness (QED) is 0.763. The van der Waals surface area contributed by atoms with Gasteiger partial charge in [0.05, 0.1) is 18.2 Å². The Balaban J connectivity index is 1.75. The van der Waals surface area contributed by atoms with Gasteiger partial charge in [0.25, 0.3) is 5.91 Å². The molecule has 2 bridgehead atoms. The van der Waals surface area contributed by atoms with Crippen molar-refractivity contribution in [1.82, 2.24) is 14.8 Å². The van der Waals surface area contributed by atoms with E-state index in [1.165, 1.54) is 19.3 Å². The Kier molecular flexibility index (Phi) is 5.16. The number of rotatable bonds is 6. The smallest absolute Gasteiger partial charge is 0.253 e. The molecule has 0 radical (unpaired) electrons. The Morgan fingerprint density at radius 1 is 1.30 bits per heavy atom. The zero-order valence-corrected chi connectivity index (χ0v) is 19.6. The van der Waals surface area contributed by atoms with Crippen molar-refractivity contribution in [3.05, 3.63) is 29.5 Å². The number of nitrogens with zero attached hydrogens (tertiary/aromatic N) is 2. The van der Waals surface area contributed by atoms with Crippen LogP contribution in [0.25, 0.3) is 10.9 Å². The fourth-order valence-electron chi connectivity index (χ4n) is 6.40. The van der Waals surface area contributed by atoms with Crippen molar-refractivity contribution >= 4 is 16.8 Å². The van der Waals surface area contributed by atoms with Crippen LogP contribution in [0.2, 0.25) is 0 Å². The predicted octanol–water partition coefficient (Wildman–Crippen LogP) is 4.46. The third-order valence-corrected chi connectivity index (χ3v) is 8.07. The van der Waals surface area contributed by atoms with E-state index >= 15 is 0 Å². The molecule has 4 rings (SSSR count). The van der Waals surface area contributed by atoms with Gasteiger partial charge in [-0.05, 0) is 63.1 Å². The minimum atomic E-state index is 0.0567. The van der Waals surface area contributed by atoms with Crippen molar-refractivity contribution in [2.24, 2.45) is 16.7 Å². The van der Waals surface area contributed by atoms with Crippen LogP contribution in [-0.4, -0.2) is 49.2 Å². The summed E-state index contributed by atoms with van der Waals surface area (Å²) < 4.78 is 7.93. The minimum absolute atomic E-state index is 0.0567. The molecular weight excluding hydrogens is 374 g/mol. The van der Waals surface area contributed by atoms with Crippen LogP contribution in [-0.2, 0) is 6.54 Å². The van der Waals surface area contributed by atoms with Crippen LogP contribution in [0.3, 0.4) is 0 Å². The van der Waals surface area contributed by atoms with E-state index < -0.39 is 0 Å². The number of hydrogen-bond acceptors (Lipinski definition) is 3. The normalized spacial score (nSPS) is 27.2. The maximum atomic E-state index is 13.7. The van der Waals surface area contributed by atoms with Crippen molar-refractivity contribution in [2.45, 2.75) is 59.5 Å². The summed E-state index contributed by atoms with van der Waals surface area (Å²) in [6.45, 7) is 10.8. The summed E-state index contributed by atoms with van der Waals surface area (Å²) in [4.78, 5) is 15.9. The van der Waals surface area contributed by atoms with Crippen molar-refractivity contribution in [1.29, 1.82) is 0 Å². The minimum Gasteiger partial charge on any atom is -0.495 e. The van der Waals surface area contributed by atoms with Crippen LogP contribution >= 0.6 is 0 Å². The van der Waals surface area contributed by atoms with Crippen LogP contribution in [0.1, 0.15) is 56.1 Å². The molecule has 2 aromatic rings. The summed E-state index contributed by atoms with van der Waals surface area (Å²) in [5.74, 6) is 1.58. The van der Waals surface area contributed by atoms with E-state index in [9.17, 15) is 4.79 Å². The molecule has 2 saturated carbocycles. The molecule has 30 heavy (non-hydrogen) atoms. The molecule has 5 nitrogen and oxygen atoms in total. The van der Waals surface area contributed by atoms with E-state index in [1.54, 1.807) is 7.11 Å². The summed E-state index contributed by atoms with van der Waals surface area (Å²) in [6.07, 6.45) is 3.72. The number of para-hydroxylation sites is 1. The number of hydrogen-bond donors (Lipinski definition) is 1. The maximum absolute atomic E-state index is 13.7. The number of carbonyl (C=O) groups excluding carboxylic acids is 1. The fourth-order valence-corrected chi connectivity index (χ4v) is 6.40. The Bertz CT molecular complexity index is 970. The average molecular weight is 412 g/mol. The Hall–Kier alpha value is -2.01. The number of fused-ring (bicyclic) bond motifs is 3. The number of methoxy groups -OCH3 is 1. The molecule has 1 amide bonds. The fraction of sp³-hybridized carbons (Fsp3) is 0.640. The zero-order valence-electron chi connectivity index (χ0n) is 19.6. The van der Waals surface area contributed by atoms with Crippen LogP contribution in [0.5, 0.6) is 5.75 Å². The third-order valence-electron chi connectivity index (χ3n) is 8.07. The van der Waals surface area contributed by atoms with E-state index in [0.29, 0.717) is 5.92 Å². The molecule has 2 fully saturated rings. The number of aromatic nitrogens is 1. The topological polar surface area (TPSA) is 46.5 Å². The molecule has 0 aliphatic heterocycles. The first-order valence-corrected chi connectivity index (χ1v) is 11.2. The average Bonchev–Trinajstić information content (AvgIpc) is 3.27. The van der Waals surface area contributed by atoms with Gasteiger partial charge in [0.15, 0.2) is 0 Å². The molecule has 164 valence electrons. The van der Waals surface area contributed by atoms with Crippen LogP contribution in [0.15, 0.2) is 18.2 Å². The lowest BCUT2D eigenvalue weighted by Gasteiger charge is -2.43. The number of carbonyl (C=O) groups is 1. The van der Waals surface area contributed by atoms with Crippen molar-refractivity contribution < 1.29 is 9.53 Å². The predicted molar refractivity (Wildman–Crippen MR) is 122 cm³/mol. The number of benzene rings is 1. The van der Waals surface area contributed by atoms with E-state index in [-0.39, 0.29) is 22.8 Å². The van der Waals surface area contributed by atoms with E-state index in [1.807, 2.05) is 12.1 Å². The largest absolute Gasteiger partial charge is 0.495 e. The molecule has 3 atom stereocenters. The second-order valence-corrected chi connectivity index (χ2v) is 10.6. The van der Waals surface area contributed by atoms with Gasteiger partial charge in [-0.2, -0.15) is 0 Å². The second kappa shape index (κ2) is 7.30. The van der Waals surface area contributed by atoms with Crippen molar-refractivity contribution in [3.8, 4) is 5.75 Å².